The molecule has 0 spiro atoms. The minimum atomic E-state index is -0.637. The number of aryl methyl sites for hydroxylation is 1. The smallest absolute Gasteiger partial charge is 0.103 e. The van der Waals surface area contributed by atoms with Crippen molar-refractivity contribution in [2.24, 2.45) is 0 Å². The lowest BCUT2D eigenvalue weighted by molar-refractivity contribution is 0.224. The molecule has 1 aromatic carbocycles. The van der Waals surface area contributed by atoms with E-state index in [-0.39, 0.29) is 18.4 Å². The highest BCUT2D eigenvalue weighted by molar-refractivity contribution is 5.85. The van der Waals surface area contributed by atoms with Crippen LogP contribution in [0.2, 0.25) is 0 Å². The second kappa shape index (κ2) is 5.47. The van der Waals surface area contributed by atoms with E-state index in [9.17, 15) is 4.39 Å². The fourth-order valence-corrected chi connectivity index (χ4v) is 1.92. The first-order valence-corrected chi connectivity index (χ1v) is 5.20. The summed E-state index contributed by atoms with van der Waals surface area (Å²) in [6.07, 6.45) is 0.633. The number of nitrogens with one attached hydrogen (secondary N) is 1. The molecule has 1 N–H and O–H groups in total. The van der Waals surface area contributed by atoms with E-state index in [1.807, 2.05) is 0 Å². The Morgan fingerprint density at radius 2 is 1.93 bits per heavy atom. The van der Waals surface area contributed by atoms with Crippen LogP contribution in [0.15, 0.2) is 24.3 Å². The van der Waals surface area contributed by atoms with Gasteiger partial charge in [0.1, 0.15) is 6.17 Å². The molecule has 2 unspecified atom stereocenters. The molecular weight excluding hydrogens is 213 g/mol. The molecule has 0 bridgehead atoms. The molecule has 0 aliphatic carbocycles. The van der Waals surface area contributed by atoms with Gasteiger partial charge in [0, 0.05) is 6.04 Å². The third-order valence-electron chi connectivity index (χ3n) is 2.82. The molecule has 84 valence electrons. The van der Waals surface area contributed by atoms with Gasteiger partial charge in [0.05, 0.1) is 0 Å². The van der Waals surface area contributed by atoms with E-state index in [1.54, 1.807) is 0 Å². The molecule has 1 aromatic rings. The van der Waals surface area contributed by atoms with Crippen molar-refractivity contribution in [3.8, 4) is 0 Å². The van der Waals surface area contributed by atoms with Crippen molar-refractivity contribution in [3.05, 3.63) is 35.4 Å². The summed E-state index contributed by atoms with van der Waals surface area (Å²) < 4.78 is 13.2. The first kappa shape index (κ1) is 12.5. The Kier molecular flexibility index (Phi) is 4.55. The molecule has 2 atom stereocenters. The van der Waals surface area contributed by atoms with Crippen LogP contribution in [-0.4, -0.2) is 12.7 Å². The molecule has 1 nitrogen and oxygen atoms in total. The summed E-state index contributed by atoms with van der Waals surface area (Å²) >= 11 is 0. The van der Waals surface area contributed by atoms with Gasteiger partial charge in [-0.25, -0.2) is 4.39 Å². The molecule has 1 aliphatic heterocycles. The van der Waals surface area contributed by atoms with Gasteiger partial charge in [0.2, 0.25) is 0 Å². The largest absolute Gasteiger partial charge is 0.310 e. The lowest BCUT2D eigenvalue weighted by atomic mass is 9.96. The number of alkyl halides is 1. The predicted octanol–water partition coefficient (Wildman–Crippen LogP) is 3.18. The van der Waals surface area contributed by atoms with E-state index in [1.165, 1.54) is 11.1 Å². The molecule has 1 saturated heterocycles. The van der Waals surface area contributed by atoms with Crippen LogP contribution in [0.4, 0.5) is 4.39 Å². The van der Waals surface area contributed by atoms with Gasteiger partial charge in [-0.3, -0.25) is 0 Å². The van der Waals surface area contributed by atoms with Crippen LogP contribution in [0.25, 0.3) is 0 Å². The zero-order valence-corrected chi connectivity index (χ0v) is 9.69. The molecule has 1 aliphatic rings. The van der Waals surface area contributed by atoms with Crippen LogP contribution in [0.3, 0.4) is 0 Å². The summed E-state index contributed by atoms with van der Waals surface area (Å²) in [5, 5.41) is 3.35. The molecule has 2 rings (SSSR count). The highest BCUT2D eigenvalue weighted by atomic mass is 35.5. The Hall–Kier alpha value is -0.600. The summed E-state index contributed by atoms with van der Waals surface area (Å²) in [4.78, 5) is 0. The first-order chi connectivity index (χ1) is 6.75. The number of benzene rings is 1. The van der Waals surface area contributed by atoms with Gasteiger partial charge in [0.15, 0.2) is 0 Å². The Bertz CT molecular complexity index is 299. The van der Waals surface area contributed by atoms with Crippen molar-refractivity contribution in [2.45, 2.75) is 32.0 Å². The second-order valence-corrected chi connectivity index (χ2v) is 4.04. The van der Waals surface area contributed by atoms with Gasteiger partial charge in [-0.15, -0.1) is 12.4 Å². The molecule has 0 aromatic heterocycles. The molecule has 0 amide bonds. The molecule has 15 heavy (non-hydrogen) atoms. The van der Waals surface area contributed by atoms with Gasteiger partial charge in [-0.1, -0.05) is 29.8 Å². The van der Waals surface area contributed by atoms with E-state index in [0.29, 0.717) is 12.8 Å². The number of hydrogen-bond acceptors (Lipinski definition) is 1. The first-order valence-electron chi connectivity index (χ1n) is 5.20. The van der Waals surface area contributed by atoms with Crippen LogP contribution in [0, 0.1) is 6.92 Å². The number of rotatable bonds is 1. The van der Waals surface area contributed by atoms with Gasteiger partial charge in [-0.05, 0) is 31.9 Å². The van der Waals surface area contributed by atoms with Gasteiger partial charge in [-0.2, -0.15) is 0 Å². The van der Waals surface area contributed by atoms with Crippen LogP contribution in [0.5, 0.6) is 0 Å². The molecule has 1 fully saturated rings. The van der Waals surface area contributed by atoms with Gasteiger partial charge < -0.3 is 5.32 Å². The SMILES string of the molecule is Cc1ccc(C2CC(F)CCN2)cc1.Cl. The molecule has 0 saturated carbocycles. The predicted molar refractivity (Wildman–Crippen MR) is 63.3 cm³/mol. The molecule has 0 radical (unpaired) electrons. The minimum absolute atomic E-state index is 0. The van der Waals surface area contributed by atoms with E-state index in [0.717, 1.165) is 6.54 Å². The summed E-state index contributed by atoms with van der Waals surface area (Å²) in [6.45, 7) is 2.86. The van der Waals surface area contributed by atoms with Crippen molar-refractivity contribution in [2.75, 3.05) is 6.54 Å². The second-order valence-electron chi connectivity index (χ2n) is 4.04. The highest BCUT2D eigenvalue weighted by Gasteiger charge is 2.21. The fourth-order valence-electron chi connectivity index (χ4n) is 1.92. The van der Waals surface area contributed by atoms with Crippen LogP contribution in [-0.2, 0) is 0 Å². The van der Waals surface area contributed by atoms with Crippen LogP contribution in [0.1, 0.15) is 30.0 Å². The summed E-state index contributed by atoms with van der Waals surface area (Å²) in [7, 11) is 0. The maximum atomic E-state index is 13.2. The standard InChI is InChI=1S/C12H16FN.ClH/c1-9-2-4-10(5-3-9)12-8-11(13)6-7-14-12;/h2-5,11-12,14H,6-8H2,1H3;1H. The summed E-state index contributed by atoms with van der Waals surface area (Å²) in [5.74, 6) is 0. The fraction of sp³-hybridized carbons (Fsp3) is 0.500. The van der Waals surface area contributed by atoms with E-state index >= 15 is 0 Å². The topological polar surface area (TPSA) is 12.0 Å². The van der Waals surface area contributed by atoms with E-state index in [2.05, 4.69) is 36.5 Å². The number of hydrogen-bond donors (Lipinski definition) is 1. The third kappa shape index (κ3) is 3.18. The van der Waals surface area contributed by atoms with Crippen molar-refractivity contribution in [1.82, 2.24) is 5.32 Å². The minimum Gasteiger partial charge on any atom is -0.310 e. The average molecular weight is 230 g/mol. The molecule has 1 heterocycles. The third-order valence-corrected chi connectivity index (χ3v) is 2.82. The normalized spacial score (nSPS) is 25.7. The molecular formula is C12H17ClFN. The van der Waals surface area contributed by atoms with Crippen molar-refractivity contribution in [3.63, 3.8) is 0 Å². The highest BCUT2D eigenvalue weighted by Crippen LogP contribution is 2.24. The quantitative estimate of drug-likeness (QED) is 0.780. The Labute approximate surface area is 96.5 Å². The van der Waals surface area contributed by atoms with Crippen molar-refractivity contribution < 1.29 is 4.39 Å². The van der Waals surface area contributed by atoms with Crippen molar-refractivity contribution in [1.29, 1.82) is 0 Å². The number of halogens is 2. The van der Waals surface area contributed by atoms with E-state index < -0.39 is 6.17 Å². The summed E-state index contributed by atoms with van der Waals surface area (Å²) in [5.41, 5.74) is 2.46. The Balaban J connectivity index is 0.00000112. The van der Waals surface area contributed by atoms with Gasteiger partial charge in [0.25, 0.3) is 0 Å². The van der Waals surface area contributed by atoms with E-state index in [4.69, 9.17) is 0 Å². The molecule has 3 heteroatoms. The monoisotopic (exact) mass is 229 g/mol. The van der Waals surface area contributed by atoms with Gasteiger partial charge >= 0.3 is 0 Å². The lowest BCUT2D eigenvalue weighted by Crippen LogP contribution is -2.32. The maximum absolute atomic E-state index is 13.2. The summed E-state index contributed by atoms with van der Waals surface area (Å²) in [6, 6.07) is 8.55. The maximum Gasteiger partial charge on any atom is 0.103 e. The number of piperidine rings is 1. The average Bonchev–Trinajstić information content (AvgIpc) is 2.19. The van der Waals surface area contributed by atoms with Crippen LogP contribution < -0.4 is 5.32 Å². The van der Waals surface area contributed by atoms with Crippen LogP contribution >= 0.6 is 12.4 Å². The van der Waals surface area contributed by atoms with Crippen molar-refractivity contribution >= 4 is 12.4 Å². The zero-order chi connectivity index (χ0) is 9.97. The Morgan fingerprint density at radius 3 is 2.53 bits per heavy atom. The lowest BCUT2D eigenvalue weighted by Gasteiger charge is -2.26. The Morgan fingerprint density at radius 1 is 1.27 bits per heavy atom. The zero-order valence-electron chi connectivity index (χ0n) is 8.87.